The van der Waals surface area contributed by atoms with E-state index >= 15 is 0 Å². The van der Waals surface area contributed by atoms with E-state index in [2.05, 4.69) is 144 Å². The summed E-state index contributed by atoms with van der Waals surface area (Å²) in [5.74, 6) is 19.3. The van der Waals surface area contributed by atoms with Crippen molar-refractivity contribution in [1.82, 2.24) is 14.8 Å². The summed E-state index contributed by atoms with van der Waals surface area (Å²) in [5, 5.41) is 9.74. The Hall–Kier alpha value is -6.06. The highest BCUT2D eigenvalue weighted by molar-refractivity contribution is 5.65. The van der Waals surface area contributed by atoms with Crippen LogP contribution in [0.1, 0.15) is 450 Å². The molecule has 0 radical (unpaired) electrons. The zero-order valence-electron chi connectivity index (χ0n) is 72.5. The highest BCUT2D eigenvalue weighted by atomic mass is 16.5. The molecule has 9 heteroatoms. The Balaban J connectivity index is 1.53. The van der Waals surface area contributed by atoms with E-state index in [-0.39, 0.29) is 0 Å². The molecule has 622 valence electrons. The van der Waals surface area contributed by atoms with Crippen LogP contribution in [0.4, 0.5) is 0 Å². The van der Waals surface area contributed by atoms with Gasteiger partial charge in [-0.25, -0.2) is 0 Å². The highest BCUT2D eigenvalue weighted by Crippen LogP contribution is 2.42. The molecule has 5 rings (SSSR count). The lowest BCUT2D eigenvalue weighted by Gasteiger charge is -2.18. The van der Waals surface area contributed by atoms with Gasteiger partial charge in [0.2, 0.25) is 23.1 Å². The lowest BCUT2D eigenvalue weighted by molar-refractivity contribution is 0.234. The number of unbranched alkanes of at least 4 members (excludes halogenated alkanes) is 54. The molecule has 5 aromatic rings. The summed E-state index contributed by atoms with van der Waals surface area (Å²) in [5.41, 5.74) is 4.66. The molecule has 1 heterocycles. The minimum atomic E-state index is 0.477. The maximum absolute atomic E-state index is 6.86. The van der Waals surface area contributed by atoms with Crippen LogP contribution in [0, 0.1) is 23.7 Å². The predicted molar refractivity (Wildman–Crippen MR) is 476 cm³/mol. The molecular formula is C102H163N3O6. The van der Waals surface area contributed by atoms with Crippen LogP contribution in [0.3, 0.4) is 0 Å². The van der Waals surface area contributed by atoms with Gasteiger partial charge < -0.3 is 28.4 Å². The predicted octanol–water partition coefficient (Wildman–Crippen LogP) is 31.5. The molecule has 0 fully saturated rings. The number of hydrogen-bond donors (Lipinski definition) is 0. The van der Waals surface area contributed by atoms with Crippen LogP contribution in [-0.4, -0.2) is 54.4 Å². The van der Waals surface area contributed by atoms with E-state index in [9.17, 15) is 0 Å². The molecule has 0 atom stereocenters. The molecule has 0 amide bonds. The molecule has 1 aromatic heterocycles. The molecule has 9 nitrogen and oxygen atoms in total. The van der Waals surface area contributed by atoms with Crippen molar-refractivity contribution in [3.63, 3.8) is 0 Å². The Kier molecular flexibility index (Phi) is 58.8. The fourth-order valence-electron chi connectivity index (χ4n) is 15.0. The first-order valence-corrected chi connectivity index (χ1v) is 47.3. The smallest absolute Gasteiger partial charge is 0.213 e. The molecule has 0 saturated carbocycles. The lowest BCUT2D eigenvalue weighted by atomic mass is 10.1. The Morgan fingerprint density at radius 3 is 0.667 bits per heavy atom. The maximum Gasteiger partial charge on any atom is 0.213 e. The van der Waals surface area contributed by atoms with E-state index in [0.29, 0.717) is 85.8 Å². The summed E-state index contributed by atoms with van der Waals surface area (Å²) in [6, 6.07) is 27.4. The molecule has 0 aliphatic heterocycles. The molecule has 0 unspecified atom stereocenters. The molecule has 0 aliphatic rings. The average molecular weight is 1530 g/mol. The van der Waals surface area contributed by atoms with Gasteiger partial charge in [0, 0.05) is 11.1 Å². The van der Waals surface area contributed by atoms with Gasteiger partial charge in [0.25, 0.3) is 0 Å². The number of hydrogen-bond acceptors (Lipinski definition) is 8. The molecule has 4 aromatic carbocycles. The highest BCUT2D eigenvalue weighted by Gasteiger charge is 2.20. The van der Waals surface area contributed by atoms with Gasteiger partial charge in [-0.05, 0) is 97.9 Å². The standard InChI is InChI=1S/C102H163N3O6/c1-7-13-19-25-31-37-43-49-55-64-80-106-95-86-90(87-96(107-81-65-56-50-44-38-32-26-20-14-8-2)101(95)110-84-68-59-53-47-41-35-29-23-17-11-5)72-78-99-103-104-100(105(99)94-76-74-93(75-77-94)92-70-62-61-63-71-92)79-73-91-88-97(108-82-66-57-51-45-39-33-27-21-15-9-3)102(111-85-69-60-54-48-42-36-30-24-18-12-6)98(89-91)109-83-67-58-52-46-40-34-28-22-16-10-4/h61-63,70-71,74-77,86-89H,7-60,64-69,80-85H2,1-6H3. The maximum atomic E-state index is 6.86. The van der Waals surface area contributed by atoms with Gasteiger partial charge in [-0.15, -0.1) is 10.2 Å². The summed E-state index contributed by atoms with van der Waals surface area (Å²) in [6.07, 6.45) is 76.0. The fraction of sp³-hybridized carbons (Fsp3) is 0.706. The molecule has 0 saturated heterocycles. The number of rotatable bonds is 74. The van der Waals surface area contributed by atoms with E-state index in [0.717, 1.165) is 105 Å². The Morgan fingerprint density at radius 2 is 0.432 bits per heavy atom. The molecule has 0 spiro atoms. The van der Waals surface area contributed by atoms with Crippen molar-refractivity contribution >= 4 is 0 Å². The van der Waals surface area contributed by atoms with Crippen LogP contribution in [0.5, 0.6) is 34.5 Å². The normalized spacial score (nSPS) is 11.2. The first-order valence-electron chi connectivity index (χ1n) is 47.3. The second-order valence-electron chi connectivity index (χ2n) is 32.4. The monoisotopic (exact) mass is 1530 g/mol. The molecule has 111 heavy (non-hydrogen) atoms. The SMILES string of the molecule is CCCCCCCCCCCCOc1cc(C#Cc2nnc(C#Cc3cc(OCCCCCCCCCCCC)c(OCCCCCCCCCCCC)c(OCCCCCCCCCCCC)c3)n2-c2ccc(-c3ccccc3)cc2)cc(OCCCCCCCCCCCC)c1OCCCCCCCCCCCC. The quantitative estimate of drug-likeness (QED) is 0.0281. The number of benzene rings is 4. The lowest BCUT2D eigenvalue weighted by Crippen LogP contribution is -2.07. The number of ether oxygens (including phenoxy) is 6. The van der Waals surface area contributed by atoms with Gasteiger partial charge in [-0.3, -0.25) is 4.57 Å². The van der Waals surface area contributed by atoms with Gasteiger partial charge in [-0.2, -0.15) is 0 Å². The van der Waals surface area contributed by atoms with Gasteiger partial charge in [0.05, 0.1) is 45.3 Å². The van der Waals surface area contributed by atoms with E-state index in [1.54, 1.807) is 0 Å². The molecular weight excluding hydrogens is 1360 g/mol. The van der Waals surface area contributed by atoms with Crippen LogP contribution < -0.4 is 28.4 Å². The zero-order valence-corrected chi connectivity index (χ0v) is 72.5. The third-order valence-corrected chi connectivity index (χ3v) is 22.1. The summed E-state index contributed by atoms with van der Waals surface area (Å²) in [7, 11) is 0. The van der Waals surface area contributed by atoms with Crippen molar-refractivity contribution in [2.75, 3.05) is 39.6 Å². The average Bonchev–Trinajstić information content (AvgIpc) is 1.76. The molecule has 0 aliphatic carbocycles. The van der Waals surface area contributed by atoms with E-state index in [1.807, 2.05) is 4.57 Å². The molecule has 0 N–H and O–H groups in total. The van der Waals surface area contributed by atoms with Crippen LogP contribution in [0.25, 0.3) is 16.8 Å². The van der Waals surface area contributed by atoms with Crippen LogP contribution in [0.15, 0.2) is 78.9 Å². The second kappa shape index (κ2) is 68.4. The first-order chi connectivity index (χ1) is 55.0. The van der Waals surface area contributed by atoms with E-state index < -0.39 is 0 Å². The van der Waals surface area contributed by atoms with Crippen LogP contribution in [-0.2, 0) is 0 Å². The van der Waals surface area contributed by atoms with Gasteiger partial charge in [-0.1, -0.05) is 443 Å². The minimum Gasteiger partial charge on any atom is -0.490 e. The van der Waals surface area contributed by atoms with Crippen molar-refractivity contribution in [3.8, 4) is 75.0 Å². The first kappa shape index (κ1) is 95.5. The summed E-state index contributed by atoms with van der Waals surface area (Å²) >= 11 is 0. The summed E-state index contributed by atoms with van der Waals surface area (Å²) < 4.78 is 43.2. The topological polar surface area (TPSA) is 86.1 Å². The Bertz CT molecular complexity index is 2850. The second-order valence-corrected chi connectivity index (χ2v) is 32.4. The largest absolute Gasteiger partial charge is 0.490 e. The summed E-state index contributed by atoms with van der Waals surface area (Å²) in [4.78, 5) is 0. The Morgan fingerprint density at radius 1 is 0.225 bits per heavy atom. The van der Waals surface area contributed by atoms with Crippen LogP contribution in [0.2, 0.25) is 0 Å². The third-order valence-electron chi connectivity index (χ3n) is 22.1. The van der Waals surface area contributed by atoms with E-state index in [1.165, 1.54) is 308 Å². The van der Waals surface area contributed by atoms with Gasteiger partial charge in [0.1, 0.15) is 0 Å². The third kappa shape index (κ3) is 46.2. The van der Waals surface area contributed by atoms with Gasteiger partial charge >= 0.3 is 0 Å². The number of aromatic nitrogens is 3. The van der Waals surface area contributed by atoms with Crippen molar-refractivity contribution in [2.45, 2.75) is 427 Å². The van der Waals surface area contributed by atoms with E-state index in [4.69, 9.17) is 38.6 Å². The van der Waals surface area contributed by atoms with Crippen molar-refractivity contribution in [2.24, 2.45) is 0 Å². The summed E-state index contributed by atoms with van der Waals surface area (Å²) in [6.45, 7) is 17.4. The minimum absolute atomic E-state index is 0.477. The zero-order chi connectivity index (χ0) is 78.4. The van der Waals surface area contributed by atoms with Crippen LogP contribution >= 0.6 is 0 Å². The Labute approximate surface area is 682 Å². The fourth-order valence-corrected chi connectivity index (χ4v) is 15.0. The molecule has 0 bridgehead atoms. The van der Waals surface area contributed by atoms with Crippen molar-refractivity contribution in [3.05, 3.63) is 102 Å². The number of nitrogens with zero attached hydrogens (tertiary/aromatic N) is 3. The van der Waals surface area contributed by atoms with Gasteiger partial charge in [0.15, 0.2) is 23.0 Å². The van der Waals surface area contributed by atoms with Crippen molar-refractivity contribution in [1.29, 1.82) is 0 Å². The van der Waals surface area contributed by atoms with Crippen molar-refractivity contribution < 1.29 is 28.4 Å².